The molecule has 1 aliphatic heterocycles. The van der Waals surface area contributed by atoms with E-state index in [2.05, 4.69) is 5.32 Å². The Morgan fingerprint density at radius 3 is 2.91 bits per heavy atom. The fraction of sp³-hybridized carbons (Fsp3) is 0.562. The number of benzene rings is 1. The van der Waals surface area contributed by atoms with Gasteiger partial charge in [-0.1, -0.05) is 12.1 Å². The number of nitrogens with two attached hydrogens (primary N) is 1. The van der Waals surface area contributed by atoms with Crippen LogP contribution in [0.25, 0.3) is 0 Å². The highest BCUT2D eigenvalue weighted by molar-refractivity contribution is 5.85. The van der Waals surface area contributed by atoms with E-state index in [0.29, 0.717) is 13.2 Å². The van der Waals surface area contributed by atoms with Gasteiger partial charge in [0, 0.05) is 6.54 Å². The molecule has 3 N–H and O–H groups in total. The molecule has 124 valence electrons. The van der Waals surface area contributed by atoms with Crippen LogP contribution in [0.5, 0.6) is 5.75 Å². The highest BCUT2D eigenvalue weighted by Crippen LogP contribution is 2.22. The van der Waals surface area contributed by atoms with Gasteiger partial charge in [-0.25, -0.2) is 0 Å². The fourth-order valence-electron chi connectivity index (χ4n) is 2.50. The number of halogens is 1. The zero-order valence-electron chi connectivity index (χ0n) is 13.1. The number of hydrogen-bond acceptors (Lipinski definition) is 4. The van der Waals surface area contributed by atoms with Gasteiger partial charge in [0.25, 0.3) is 0 Å². The van der Waals surface area contributed by atoms with Crippen molar-refractivity contribution in [2.75, 3.05) is 13.2 Å². The van der Waals surface area contributed by atoms with Gasteiger partial charge in [-0.05, 0) is 44.4 Å². The molecular formula is C16H25ClN2O3. The highest BCUT2D eigenvalue weighted by atomic mass is 35.5. The van der Waals surface area contributed by atoms with E-state index in [-0.39, 0.29) is 36.6 Å². The molecule has 5 nitrogen and oxygen atoms in total. The maximum absolute atomic E-state index is 12.2. The second-order valence-electron chi connectivity index (χ2n) is 5.30. The minimum absolute atomic E-state index is 0. The summed E-state index contributed by atoms with van der Waals surface area (Å²) in [5.74, 6) is 0.747. The van der Waals surface area contributed by atoms with Crippen molar-refractivity contribution in [2.45, 2.75) is 44.9 Å². The molecule has 1 fully saturated rings. The average Bonchev–Trinajstić information content (AvgIpc) is 2.97. The van der Waals surface area contributed by atoms with E-state index in [4.69, 9.17) is 15.2 Å². The maximum atomic E-state index is 12.2. The van der Waals surface area contributed by atoms with Gasteiger partial charge < -0.3 is 20.5 Å². The van der Waals surface area contributed by atoms with Crippen molar-refractivity contribution < 1.29 is 14.3 Å². The van der Waals surface area contributed by atoms with Gasteiger partial charge in [0.1, 0.15) is 11.9 Å². The summed E-state index contributed by atoms with van der Waals surface area (Å²) in [6.07, 6.45) is 1.22. The molecule has 0 saturated carbocycles. The molecule has 0 spiro atoms. The van der Waals surface area contributed by atoms with Crippen molar-refractivity contribution in [2.24, 2.45) is 5.73 Å². The van der Waals surface area contributed by atoms with Gasteiger partial charge in [-0.2, -0.15) is 0 Å². The van der Waals surface area contributed by atoms with Crippen LogP contribution in [-0.4, -0.2) is 31.3 Å². The summed E-state index contributed by atoms with van der Waals surface area (Å²) in [6.45, 7) is 5.00. The summed E-state index contributed by atoms with van der Waals surface area (Å²) in [5, 5.41) is 2.99. The normalized spacial score (nSPS) is 21.8. The SMILES string of the molecule is CCOc1cccc(C(C)NC(=O)[C@@H]2CC[C@H](CN)O2)c1.Cl. The van der Waals surface area contributed by atoms with Crippen LogP contribution in [0.3, 0.4) is 0 Å². The topological polar surface area (TPSA) is 73.6 Å². The molecule has 1 aliphatic rings. The lowest BCUT2D eigenvalue weighted by Crippen LogP contribution is -2.37. The quantitative estimate of drug-likeness (QED) is 0.839. The van der Waals surface area contributed by atoms with Crippen LogP contribution < -0.4 is 15.8 Å². The molecule has 1 saturated heterocycles. The predicted molar refractivity (Wildman–Crippen MR) is 88.4 cm³/mol. The van der Waals surface area contributed by atoms with Crippen LogP contribution in [0.4, 0.5) is 0 Å². The molecule has 0 radical (unpaired) electrons. The Hall–Kier alpha value is -1.30. The Kier molecular flexibility index (Phi) is 7.65. The Morgan fingerprint density at radius 2 is 2.27 bits per heavy atom. The van der Waals surface area contributed by atoms with E-state index in [1.807, 2.05) is 38.1 Å². The van der Waals surface area contributed by atoms with Crippen LogP contribution in [0.2, 0.25) is 0 Å². The first-order valence-electron chi connectivity index (χ1n) is 7.52. The molecular weight excluding hydrogens is 304 g/mol. The van der Waals surface area contributed by atoms with Gasteiger partial charge in [0.2, 0.25) is 5.91 Å². The molecule has 3 atom stereocenters. The Balaban J connectivity index is 0.00000242. The zero-order chi connectivity index (χ0) is 15.2. The van der Waals surface area contributed by atoms with Gasteiger partial charge in [-0.15, -0.1) is 12.4 Å². The Labute approximate surface area is 138 Å². The minimum Gasteiger partial charge on any atom is -0.494 e. The monoisotopic (exact) mass is 328 g/mol. The van der Waals surface area contributed by atoms with Crippen LogP contribution >= 0.6 is 12.4 Å². The summed E-state index contributed by atoms with van der Waals surface area (Å²) in [6, 6.07) is 7.68. The number of rotatable bonds is 6. The number of carbonyl (C=O) groups excluding carboxylic acids is 1. The van der Waals surface area contributed by atoms with E-state index >= 15 is 0 Å². The smallest absolute Gasteiger partial charge is 0.249 e. The van der Waals surface area contributed by atoms with Crippen molar-refractivity contribution in [3.63, 3.8) is 0 Å². The second-order valence-corrected chi connectivity index (χ2v) is 5.30. The zero-order valence-corrected chi connectivity index (χ0v) is 13.9. The van der Waals surface area contributed by atoms with Crippen LogP contribution in [0, 0.1) is 0 Å². The Bertz CT molecular complexity index is 484. The minimum atomic E-state index is -0.379. The summed E-state index contributed by atoms with van der Waals surface area (Å²) >= 11 is 0. The lowest BCUT2D eigenvalue weighted by Gasteiger charge is -2.18. The summed E-state index contributed by atoms with van der Waals surface area (Å²) in [4.78, 5) is 12.2. The highest BCUT2D eigenvalue weighted by Gasteiger charge is 2.30. The third kappa shape index (κ3) is 4.87. The molecule has 0 bridgehead atoms. The summed E-state index contributed by atoms with van der Waals surface area (Å²) in [5.41, 5.74) is 6.58. The van der Waals surface area contributed by atoms with E-state index in [9.17, 15) is 4.79 Å². The number of amides is 1. The van der Waals surface area contributed by atoms with Crippen molar-refractivity contribution in [1.82, 2.24) is 5.32 Å². The lowest BCUT2D eigenvalue weighted by molar-refractivity contribution is -0.132. The molecule has 1 aromatic carbocycles. The number of nitrogens with one attached hydrogen (secondary N) is 1. The third-order valence-corrected chi connectivity index (χ3v) is 3.69. The van der Waals surface area contributed by atoms with Gasteiger partial charge in [-0.3, -0.25) is 4.79 Å². The van der Waals surface area contributed by atoms with E-state index in [0.717, 1.165) is 24.2 Å². The summed E-state index contributed by atoms with van der Waals surface area (Å²) < 4.78 is 11.1. The number of carbonyl (C=O) groups is 1. The van der Waals surface area contributed by atoms with E-state index in [1.165, 1.54) is 0 Å². The Morgan fingerprint density at radius 1 is 1.50 bits per heavy atom. The maximum Gasteiger partial charge on any atom is 0.249 e. The molecule has 2 rings (SSSR count). The van der Waals surface area contributed by atoms with Crippen LogP contribution in [0.1, 0.15) is 38.3 Å². The second kappa shape index (κ2) is 8.98. The fourth-order valence-corrected chi connectivity index (χ4v) is 2.50. The van der Waals surface area contributed by atoms with E-state index in [1.54, 1.807) is 0 Å². The van der Waals surface area contributed by atoms with Gasteiger partial charge >= 0.3 is 0 Å². The largest absolute Gasteiger partial charge is 0.494 e. The summed E-state index contributed by atoms with van der Waals surface area (Å²) in [7, 11) is 0. The molecule has 1 amide bonds. The molecule has 0 aliphatic carbocycles. The molecule has 22 heavy (non-hydrogen) atoms. The lowest BCUT2D eigenvalue weighted by atomic mass is 10.1. The van der Waals surface area contributed by atoms with E-state index < -0.39 is 0 Å². The first-order valence-corrected chi connectivity index (χ1v) is 7.52. The van der Waals surface area contributed by atoms with Crippen molar-refractivity contribution in [1.29, 1.82) is 0 Å². The number of hydrogen-bond donors (Lipinski definition) is 2. The average molecular weight is 329 g/mol. The third-order valence-electron chi connectivity index (χ3n) is 3.69. The van der Waals surface area contributed by atoms with Crippen LogP contribution in [-0.2, 0) is 9.53 Å². The molecule has 1 unspecified atom stereocenters. The first-order chi connectivity index (χ1) is 10.1. The molecule has 6 heteroatoms. The predicted octanol–water partition coefficient (Wildman–Crippen LogP) is 2.19. The molecule has 1 heterocycles. The van der Waals surface area contributed by atoms with Gasteiger partial charge in [0.05, 0.1) is 18.8 Å². The molecule has 0 aromatic heterocycles. The first kappa shape index (κ1) is 18.7. The standard InChI is InChI=1S/C16H24N2O3.ClH/c1-3-20-13-6-4-5-12(9-13)11(2)18-16(19)15-8-7-14(10-17)21-15;/h4-6,9,11,14-15H,3,7-8,10,17H2,1-2H3,(H,18,19);1H/t11?,14-,15+;/m1./s1. The number of ether oxygens (including phenoxy) is 2. The molecule has 1 aromatic rings. The van der Waals surface area contributed by atoms with Crippen molar-refractivity contribution in [3.05, 3.63) is 29.8 Å². The van der Waals surface area contributed by atoms with Gasteiger partial charge in [0.15, 0.2) is 0 Å². The van der Waals surface area contributed by atoms with Crippen LogP contribution in [0.15, 0.2) is 24.3 Å². The van der Waals surface area contributed by atoms with Crippen molar-refractivity contribution in [3.8, 4) is 5.75 Å². The van der Waals surface area contributed by atoms with Crippen molar-refractivity contribution >= 4 is 18.3 Å².